The first kappa shape index (κ1) is 17.2. The number of hydrogen-bond acceptors (Lipinski definition) is 5. The standard InChI is InChI=1S/C14H19NO5S/c1-10-5-4-6-11(9-10)13(16)15-12(14(17)20-2)7-8-21(3,18)19/h4-6,9,12H,7-8H2,1-3H3,(H,15,16)/t12-/m0/s1. The van der Waals surface area contributed by atoms with Gasteiger partial charge in [0.25, 0.3) is 5.91 Å². The average molecular weight is 313 g/mol. The Hall–Kier alpha value is -1.89. The van der Waals surface area contributed by atoms with Crippen LogP contribution in [0.25, 0.3) is 0 Å². The summed E-state index contributed by atoms with van der Waals surface area (Å²) in [5.74, 6) is -1.32. The molecular weight excluding hydrogens is 294 g/mol. The van der Waals surface area contributed by atoms with Crippen molar-refractivity contribution in [2.45, 2.75) is 19.4 Å². The molecule has 1 N–H and O–H groups in total. The van der Waals surface area contributed by atoms with Gasteiger partial charge in [0.05, 0.1) is 12.9 Å². The van der Waals surface area contributed by atoms with Gasteiger partial charge in [-0.3, -0.25) is 4.79 Å². The number of rotatable bonds is 6. The van der Waals surface area contributed by atoms with Crippen LogP contribution < -0.4 is 5.32 Å². The van der Waals surface area contributed by atoms with Crippen molar-refractivity contribution in [3.05, 3.63) is 35.4 Å². The molecule has 21 heavy (non-hydrogen) atoms. The van der Waals surface area contributed by atoms with Gasteiger partial charge in [-0.1, -0.05) is 17.7 Å². The number of aryl methyl sites for hydroxylation is 1. The van der Waals surface area contributed by atoms with Crippen LogP contribution in [-0.4, -0.2) is 45.5 Å². The Morgan fingerprint density at radius 1 is 1.33 bits per heavy atom. The topological polar surface area (TPSA) is 89.5 Å². The average Bonchev–Trinajstić information content (AvgIpc) is 2.41. The number of hydrogen-bond donors (Lipinski definition) is 1. The van der Waals surface area contributed by atoms with Crippen molar-refractivity contribution in [3.63, 3.8) is 0 Å². The van der Waals surface area contributed by atoms with Gasteiger partial charge in [0.1, 0.15) is 15.9 Å². The van der Waals surface area contributed by atoms with E-state index in [1.807, 2.05) is 13.0 Å². The van der Waals surface area contributed by atoms with Gasteiger partial charge in [-0.15, -0.1) is 0 Å². The predicted octanol–water partition coefficient (Wildman–Crippen LogP) is 0.701. The molecule has 1 aromatic carbocycles. The number of esters is 1. The van der Waals surface area contributed by atoms with Gasteiger partial charge >= 0.3 is 5.97 Å². The fraction of sp³-hybridized carbons (Fsp3) is 0.429. The number of nitrogens with one attached hydrogen (secondary N) is 1. The van der Waals surface area contributed by atoms with E-state index in [1.54, 1.807) is 18.2 Å². The number of methoxy groups -OCH3 is 1. The van der Waals surface area contributed by atoms with Crippen LogP contribution in [0.3, 0.4) is 0 Å². The van der Waals surface area contributed by atoms with E-state index in [2.05, 4.69) is 10.1 Å². The lowest BCUT2D eigenvalue weighted by atomic mass is 10.1. The van der Waals surface area contributed by atoms with E-state index in [-0.39, 0.29) is 12.2 Å². The minimum Gasteiger partial charge on any atom is -0.467 e. The van der Waals surface area contributed by atoms with Crippen LogP contribution in [0.2, 0.25) is 0 Å². The number of carbonyl (C=O) groups excluding carboxylic acids is 2. The molecule has 1 amide bonds. The summed E-state index contributed by atoms with van der Waals surface area (Å²) >= 11 is 0. The van der Waals surface area contributed by atoms with Gasteiger partial charge in [-0.2, -0.15) is 0 Å². The summed E-state index contributed by atoms with van der Waals surface area (Å²) in [6.07, 6.45) is 1.05. The maximum absolute atomic E-state index is 12.1. The van der Waals surface area contributed by atoms with Crippen LogP contribution in [0.1, 0.15) is 22.3 Å². The first-order chi connectivity index (χ1) is 9.73. The first-order valence-corrected chi connectivity index (χ1v) is 8.42. The van der Waals surface area contributed by atoms with Crippen molar-refractivity contribution >= 4 is 21.7 Å². The van der Waals surface area contributed by atoms with Crippen LogP contribution in [-0.2, 0) is 19.4 Å². The number of ether oxygens (including phenoxy) is 1. The largest absolute Gasteiger partial charge is 0.467 e. The Labute approximate surface area is 124 Å². The third-order valence-electron chi connectivity index (χ3n) is 2.85. The molecule has 0 aliphatic heterocycles. The quantitative estimate of drug-likeness (QED) is 0.781. The van der Waals surface area contributed by atoms with E-state index in [1.165, 1.54) is 7.11 Å². The zero-order valence-electron chi connectivity index (χ0n) is 12.3. The van der Waals surface area contributed by atoms with E-state index >= 15 is 0 Å². The molecule has 0 aliphatic rings. The minimum atomic E-state index is -3.23. The van der Waals surface area contributed by atoms with Crippen molar-refractivity contribution in [2.75, 3.05) is 19.1 Å². The summed E-state index contributed by atoms with van der Waals surface area (Å²) in [5, 5.41) is 2.51. The Balaban J connectivity index is 2.81. The molecule has 0 bridgehead atoms. The molecule has 7 heteroatoms. The van der Waals surface area contributed by atoms with Gasteiger partial charge in [-0.05, 0) is 25.5 Å². The summed E-state index contributed by atoms with van der Waals surface area (Å²) in [4.78, 5) is 23.7. The van der Waals surface area contributed by atoms with Crippen molar-refractivity contribution < 1.29 is 22.7 Å². The van der Waals surface area contributed by atoms with E-state index in [9.17, 15) is 18.0 Å². The summed E-state index contributed by atoms with van der Waals surface area (Å²) in [6.45, 7) is 1.85. The SMILES string of the molecule is COC(=O)[C@H](CCS(C)(=O)=O)NC(=O)c1cccc(C)c1. The second-order valence-corrected chi connectivity index (χ2v) is 7.10. The number of carbonyl (C=O) groups is 2. The minimum absolute atomic E-state index is 0.0247. The molecule has 1 aromatic rings. The smallest absolute Gasteiger partial charge is 0.328 e. The Morgan fingerprint density at radius 2 is 2.00 bits per heavy atom. The molecule has 1 atom stereocenters. The molecule has 0 aliphatic carbocycles. The van der Waals surface area contributed by atoms with Gasteiger partial charge in [0, 0.05) is 11.8 Å². The van der Waals surface area contributed by atoms with E-state index in [0.717, 1.165) is 11.8 Å². The first-order valence-electron chi connectivity index (χ1n) is 6.36. The maximum atomic E-state index is 12.1. The van der Waals surface area contributed by atoms with Crippen LogP contribution in [0.4, 0.5) is 0 Å². The Bertz CT molecular complexity index is 624. The molecule has 6 nitrogen and oxygen atoms in total. The van der Waals surface area contributed by atoms with E-state index < -0.39 is 27.8 Å². The predicted molar refractivity (Wildman–Crippen MR) is 78.8 cm³/mol. The molecule has 0 fully saturated rings. The molecule has 0 radical (unpaired) electrons. The molecule has 0 saturated carbocycles. The lowest BCUT2D eigenvalue weighted by Crippen LogP contribution is -2.42. The zero-order valence-corrected chi connectivity index (χ0v) is 13.1. The highest BCUT2D eigenvalue weighted by Crippen LogP contribution is 2.06. The molecule has 116 valence electrons. The van der Waals surface area contributed by atoms with Gasteiger partial charge < -0.3 is 10.1 Å². The molecule has 0 aromatic heterocycles. The van der Waals surface area contributed by atoms with Crippen LogP contribution in [0.5, 0.6) is 0 Å². The maximum Gasteiger partial charge on any atom is 0.328 e. The lowest BCUT2D eigenvalue weighted by Gasteiger charge is -2.16. The van der Waals surface area contributed by atoms with Gasteiger partial charge in [0.2, 0.25) is 0 Å². The summed E-state index contributed by atoms with van der Waals surface area (Å²) in [7, 11) is -2.04. The summed E-state index contributed by atoms with van der Waals surface area (Å²) in [6, 6.07) is 5.89. The fourth-order valence-corrected chi connectivity index (χ4v) is 2.41. The zero-order chi connectivity index (χ0) is 16.0. The fourth-order valence-electron chi connectivity index (χ4n) is 1.75. The second kappa shape index (κ2) is 7.21. The highest BCUT2D eigenvalue weighted by atomic mass is 32.2. The molecule has 0 heterocycles. The third kappa shape index (κ3) is 5.95. The molecule has 1 rings (SSSR count). The third-order valence-corrected chi connectivity index (χ3v) is 3.83. The van der Waals surface area contributed by atoms with Crippen molar-refractivity contribution in [2.24, 2.45) is 0 Å². The Kier molecular flexibility index (Phi) is 5.90. The molecule has 0 spiro atoms. The summed E-state index contributed by atoms with van der Waals surface area (Å²) < 4.78 is 27.0. The second-order valence-electron chi connectivity index (χ2n) is 4.84. The monoisotopic (exact) mass is 313 g/mol. The van der Waals surface area contributed by atoms with Crippen molar-refractivity contribution in [3.8, 4) is 0 Å². The number of sulfone groups is 1. The van der Waals surface area contributed by atoms with Crippen LogP contribution >= 0.6 is 0 Å². The van der Waals surface area contributed by atoms with Crippen LogP contribution in [0, 0.1) is 6.92 Å². The Morgan fingerprint density at radius 3 is 2.52 bits per heavy atom. The lowest BCUT2D eigenvalue weighted by molar-refractivity contribution is -0.142. The van der Waals surface area contributed by atoms with E-state index in [0.29, 0.717) is 5.56 Å². The normalized spacial score (nSPS) is 12.5. The van der Waals surface area contributed by atoms with Gasteiger partial charge in [-0.25, -0.2) is 13.2 Å². The molecule has 0 saturated heterocycles. The van der Waals surface area contributed by atoms with Crippen molar-refractivity contribution in [1.29, 1.82) is 0 Å². The van der Waals surface area contributed by atoms with E-state index in [4.69, 9.17) is 0 Å². The van der Waals surface area contributed by atoms with Gasteiger partial charge in [0.15, 0.2) is 0 Å². The van der Waals surface area contributed by atoms with Crippen LogP contribution in [0.15, 0.2) is 24.3 Å². The summed E-state index contributed by atoms with van der Waals surface area (Å²) in [5.41, 5.74) is 1.32. The molecule has 0 unspecified atom stereocenters. The highest BCUT2D eigenvalue weighted by molar-refractivity contribution is 7.90. The molecular formula is C14H19NO5S. The number of amides is 1. The number of benzene rings is 1. The van der Waals surface area contributed by atoms with Crippen molar-refractivity contribution in [1.82, 2.24) is 5.32 Å². The highest BCUT2D eigenvalue weighted by Gasteiger charge is 2.23.